The Bertz CT molecular complexity index is 545. The zero-order valence-electron chi connectivity index (χ0n) is 11.1. The van der Waals surface area contributed by atoms with E-state index >= 15 is 0 Å². The van der Waals surface area contributed by atoms with Crippen molar-refractivity contribution in [3.63, 3.8) is 0 Å². The molecule has 0 spiro atoms. The van der Waals surface area contributed by atoms with Gasteiger partial charge >= 0.3 is 0 Å². The van der Waals surface area contributed by atoms with Crippen LogP contribution in [0.5, 0.6) is 0 Å². The van der Waals surface area contributed by atoms with Gasteiger partial charge in [-0.25, -0.2) is 4.39 Å². The highest BCUT2D eigenvalue weighted by atomic mass is 32.2. The average molecular weight is 292 g/mol. The number of hydrogen-bond acceptors (Lipinski definition) is 3. The molecule has 1 aromatic carbocycles. The Kier molecular flexibility index (Phi) is 5.45. The molecule has 1 aromatic rings. The van der Waals surface area contributed by atoms with Crippen molar-refractivity contribution in [1.29, 1.82) is 0 Å². The van der Waals surface area contributed by atoms with Crippen molar-refractivity contribution in [1.82, 2.24) is 0 Å². The Morgan fingerprint density at radius 2 is 2.35 bits per heavy atom. The molecule has 1 aliphatic heterocycles. The van der Waals surface area contributed by atoms with Crippen LogP contribution in [0.2, 0.25) is 0 Å². The summed E-state index contributed by atoms with van der Waals surface area (Å²) in [7, 11) is 0. The minimum atomic E-state index is -0.469. The highest BCUT2D eigenvalue weighted by Gasteiger charge is 2.22. The first kappa shape index (κ1) is 14.9. The second-order valence-electron chi connectivity index (χ2n) is 4.54. The molecule has 1 unspecified atom stereocenters. The first-order valence-corrected chi connectivity index (χ1v) is 7.66. The van der Waals surface area contributed by atoms with E-state index in [0.717, 1.165) is 25.0 Å². The minimum absolute atomic E-state index is 0.0696. The van der Waals surface area contributed by atoms with E-state index in [-0.39, 0.29) is 23.4 Å². The zero-order valence-corrected chi connectivity index (χ0v) is 11.9. The maximum atomic E-state index is 13.9. The average Bonchev–Trinajstić information content (AvgIpc) is 2.48. The lowest BCUT2D eigenvalue weighted by Crippen LogP contribution is -2.27. The van der Waals surface area contributed by atoms with E-state index in [9.17, 15) is 9.18 Å². The van der Waals surface area contributed by atoms with Crippen LogP contribution in [-0.2, 0) is 4.79 Å². The molecule has 2 rings (SSSR count). The lowest BCUT2D eigenvalue weighted by molar-refractivity contribution is -0.115. The summed E-state index contributed by atoms with van der Waals surface area (Å²) in [4.78, 5) is 12.0. The number of carbonyl (C=O) groups is 1. The van der Waals surface area contributed by atoms with Gasteiger partial charge in [0.05, 0.1) is 17.5 Å². The molecule has 1 fully saturated rings. The quantitative estimate of drug-likeness (QED) is 0.823. The first-order valence-electron chi connectivity index (χ1n) is 6.61. The number of nitrogens with two attached hydrogens (primary N) is 1. The molecule has 0 radical (unpaired) electrons. The Balaban J connectivity index is 2.03. The SMILES string of the molecule is NCC#Cc1ccc(NC(=O)C2CCCCS2)c(F)c1. The van der Waals surface area contributed by atoms with Crippen LogP contribution in [0.15, 0.2) is 18.2 Å². The predicted molar refractivity (Wildman–Crippen MR) is 81.1 cm³/mol. The summed E-state index contributed by atoms with van der Waals surface area (Å²) in [6.45, 7) is 0.235. The fourth-order valence-electron chi connectivity index (χ4n) is 2.01. The molecule has 1 heterocycles. The van der Waals surface area contributed by atoms with E-state index in [1.54, 1.807) is 23.9 Å². The molecule has 5 heteroatoms. The molecule has 20 heavy (non-hydrogen) atoms. The van der Waals surface area contributed by atoms with Gasteiger partial charge in [0, 0.05) is 5.56 Å². The van der Waals surface area contributed by atoms with Crippen LogP contribution in [-0.4, -0.2) is 23.5 Å². The molecule has 3 nitrogen and oxygen atoms in total. The second kappa shape index (κ2) is 7.32. The topological polar surface area (TPSA) is 55.1 Å². The van der Waals surface area contributed by atoms with Crippen molar-refractivity contribution in [2.45, 2.75) is 24.5 Å². The lowest BCUT2D eigenvalue weighted by Gasteiger charge is -2.20. The van der Waals surface area contributed by atoms with Crippen LogP contribution in [0.1, 0.15) is 24.8 Å². The summed E-state index contributed by atoms with van der Waals surface area (Å²) in [5, 5.41) is 2.59. The van der Waals surface area contributed by atoms with Gasteiger partial charge in [-0.15, -0.1) is 11.8 Å². The fourth-order valence-corrected chi connectivity index (χ4v) is 3.21. The minimum Gasteiger partial charge on any atom is -0.323 e. The number of benzene rings is 1. The van der Waals surface area contributed by atoms with Crippen LogP contribution < -0.4 is 11.1 Å². The molecule has 1 atom stereocenters. The van der Waals surface area contributed by atoms with Gasteiger partial charge in [0.25, 0.3) is 0 Å². The number of amides is 1. The van der Waals surface area contributed by atoms with Gasteiger partial charge in [-0.2, -0.15) is 0 Å². The van der Waals surface area contributed by atoms with Crippen LogP contribution in [0.25, 0.3) is 0 Å². The van der Waals surface area contributed by atoms with E-state index in [4.69, 9.17) is 5.73 Å². The number of rotatable bonds is 2. The molecular formula is C15H17FN2OS. The normalized spacial score (nSPS) is 18.0. The van der Waals surface area contributed by atoms with E-state index in [2.05, 4.69) is 17.2 Å². The number of carbonyl (C=O) groups excluding carboxylic acids is 1. The van der Waals surface area contributed by atoms with Gasteiger partial charge in [0.1, 0.15) is 5.82 Å². The summed E-state index contributed by atoms with van der Waals surface area (Å²) in [5.41, 5.74) is 6.03. The molecule has 0 aliphatic carbocycles. The van der Waals surface area contributed by atoms with Crippen LogP contribution >= 0.6 is 11.8 Å². The van der Waals surface area contributed by atoms with Gasteiger partial charge in [-0.05, 0) is 36.8 Å². The van der Waals surface area contributed by atoms with Crippen LogP contribution in [0.4, 0.5) is 10.1 Å². The number of thioether (sulfide) groups is 1. The summed E-state index contributed by atoms with van der Waals surface area (Å²) >= 11 is 1.64. The van der Waals surface area contributed by atoms with E-state index in [0.29, 0.717) is 5.56 Å². The zero-order chi connectivity index (χ0) is 14.4. The largest absolute Gasteiger partial charge is 0.323 e. The van der Waals surface area contributed by atoms with E-state index < -0.39 is 5.82 Å². The molecule has 0 aromatic heterocycles. The molecule has 1 aliphatic rings. The van der Waals surface area contributed by atoms with Crippen molar-refractivity contribution in [3.8, 4) is 11.8 Å². The maximum absolute atomic E-state index is 13.9. The summed E-state index contributed by atoms with van der Waals surface area (Å²) in [6, 6.07) is 4.53. The number of nitrogens with one attached hydrogen (secondary N) is 1. The van der Waals surface area contributed by atoms with Gasteiger partial charge in [0.15, 0.2) is 0 Å². The van der Waals surface area contributed by atoms with E-state index in [1.165, 1.54) is 6.07 Å². The second-order valence-corrected chi connectivity index (χ2v) is 5.86. The smallest absolute Gasteiger partial charge is 0.237 e. The van der Waals surface area contributed by atoms with Gasteiger partial charge < -0.3 is 11.1 Å². The molecule has 1 amide bonds. The van der Waals surface area contributed by atoms with Crippen molar-refractivity contribution in [2.75, 3.05) is 17.6 Å². The standard InChI is InChI=1S/C15H17FN2OS/c16-12-10-11(4-3-8-17)6-7-13(12)18-15(19)14-5-1-2-9-20-14/h6-7,10,14H,1-2,5,8-9,17H2,(H,18,19). The monoisotopic (exact) mass is 292 g/mol. The third-order valence-electron chi connectivity index (χ3n) is 3.03. The molecule has 106 valence electrons. The lowest BCUT2D eigenvalue weighted by atomic mass is 10.1. The third-order valence-corrected chi connectivity index (χ3v) is 4.41. The van der Waals surface area contributed by atoms with Gasteiger partial charge in [-0.1, -0.05) is 18.3 Å². The van der Waals surface area contributed by atoms with Crippen LogP contribution in [0.3, 0.4) is 0 Å². The van der Waals surface area contributed by atoms with Crippen molar-refractivity contribution < 1.29 is 9.18 Å². The van der Waals surface area contributed by atoms with Crippen molar-refractivity contribution >= 4 is 23.4 Å². The summed E-state index contributed by atoms with van der Waals surface area (Å²) in [5.74, 6) is 5.83. The summed E-state index contributed by atoms with van der Waals surface area (Å²) in [6.07, 6.45) is 3.07. The molecule has 1 saturated heterocycles. The Morgan fingerprint density at radius 1 is 1.50 bits per heavy atom. The van der Waals surface area contributed by atoms with E-state index in [1.807, 2.05) is 0 Å². The van der Waals surface area contributed by atoms with Crippen LogP contribution in [0, 0.1) is 17.7 Å². The molecule has 0 bridgehead atoms. The molecule has 3 N–H and O–H groups in total. The Morgan fingerprint density at radius 3 is 3.00 bits per heavy atom. The van der Waals surface area contributed by atoms with Gasteiger partial charge in [0.2, 0.25) is 5.91 Å². The number of halogens is 1. The third kappa shape index (κ3) is 3.99. The van der Waals surface area contributed by atoms with Crippen molar-refractivity contribution in [2.24, 2.45) is 5.73 Å². The maximum Gasteiger partial charge on any atom is 0.237 e. The highest BCUT2D eigenvalue weighted by Crippen LogP contribution is 2.26. The molecule has 0 saturated carbocycles. The number of hydrogen-bond donors (Lipinski definition) is 2. The highest BCUT2D eigenvalue weighted by molar-refractivity contribution is 8.00. The van der Waals surface area contributed by atoms with Gasteiger partial charge in [-0.3, -0.25) is 4.79 Å². The first-order chi connectivity index (χ1) is 9.70. The fraction of sp³-hybridized carbons (Fsp3) is 0.400. The number of anilines is 1. The van der Waals surface area contributed by atoms with Crippen molar-refractivity contribution in [3.05, 3.63) is 29.6 Å². The molecular weight excluding hydrogens is 275 g/mol. The Labute approximate surface area is 122 Å². The Hall–Kier alpha value is -1.51. The predicted octanol–water partition coefficient (Wildman–Crippen LogP) is 2.36. The summed E-state index contributed by atoms with van der Waals surface area (Å²) < 4.78 is 13.9.